The largest absolute Gasteiger partial charge is 0.497 e. The van der Waals surface area contributed by atoms with E-state index in [4.69, 9.17) is 4.74 Å². The minimum Gasteiger partial charge on any atom is -0.497 e. The van der Waals surface area contributed by atoms with Crippen molar-refractivity contribution in [3.8, 4) is 17.0 Å². The molecule has 4 aromatic rings. The summed E-state index contributed by atoms with van der Waals surface area (Å²) in [4.78, 5) is 25.6. The fourth-order valence-corrected chi connectivity index (χ4v) is 3.42. The number of fused-ring (bicyclic) bond motifs is 1. The molecule has 0 aliphatic carbocycles. The van der Waals surface area contributed by atoms with Gasteiger partial charge >= 0.3 is 0 Å². The summed E-state index contributed by atoms with van der Waals surface area (Å²) in [5.41, 5.74) is 3.28. The van der Waals surface area contributed by atoms with Crippen LogP contribution in [-0.4, -0.2) is 32.3 Å². The second-order valence-corrected chi connectivity index (χ2v) is 7.16. The van der Waals surface area contributed by atoms with E-state index in [-0.39, 0.29) is 24.6 Å². The van der Waals surface area contributed by atoms with Crippen molar-refractivity contribution < 1.29 is 14.6 Å². The molecule has 0 spiro atoms. The van der Waals surface area contributed by atoms with Gasteiger partial charge in [0.25, 0.3) is 5.56 Å². The SMILES string of the molecule is COc1cccc(NC(=O)Cn2ccn3nc(-c4ccc(C)cc4)c(CO)c3c2=O)c1. The summed E-state index contributed by atoms with van der Waals surface area (Å²) in [5.74, 6) is 0.260. The van der Waals surface area contributed by atoms with Gasteiger partial charge in [0.2, 0.25) is 5.91 Å². The summed E-state index contributed by atoms with van der Waals surface area (Å²) >= 11 is 0. The second-order valence-electron chi connectivity index (χ2n) is 7.16. The van der Waals surface area contributed by atoms with E-state index in [1.165, 1.54) is 15.3 Å². The van der Waals surface area contributed by atoms with Gasteiger partial charge in [0.1, 0.15) is 17.8 Å². The minimum absolute atomic E-state index is 0.178. The van der Waals surface area contributed by atoms with Gasteiger partial charge in [-0.05, 0) is 19.1 Å². The first kappa shape index (κ1) is 20.4. The molecule has 0 saturated heterocycles. The van der Waals surface area contributed by atoms with Gasteiger partial charge in [-0.1, -0.05) is 35.9 Å². The zero-order valence-corrected chi connectivity index (χ0v) is 17.2. The van der Waals surface area contributed by atoms with Crippen LogP contribution in [0.1, 0.15) is 11.1 Å². The van der Waals surface area contributed by atoms with Crippen LogP contribution < -0.4 is 15.6 Å². The summed E-state index contributed by atoms with van der Waals surface area (Å²) in [6.07, 6.45) is 3.11. The van der Waals surface area contributed by atoms with Crippen molar-refractivity contribution in [1.82, 2.24) is 14.2 Å². The zero-order chi connectivity index (χ0) is 22.0. The number of benzene rings is 2. The molecule has 31 heavy (non-hydrogen) atoms. The average molecular weight is 418 g/mol. The van der Waals surface area contributed by atoms with Crippen molar-refractivity contribution in [2.75, 3.05) is 12.4 Å². The van der Waals surface area contributed by atoms with E-state index in [0.29, 0.717) is 22.7 Å². The monoisotopic (exact) mass is 418 g/mol. The molecule has 0 saturated carbocycles. The maximum atomic E-state index is 13.1. The third kappa shape index (κ3) is 4.06. The number of ether oxygens (including phenoxy) is 1. The quantitative estimate of drug-likeness (QED) is 0.502. The van der Waals surface area contributed by atoms with Crippen LogP contribution in [-0.2, 0) is 17.9 Å². The number of nitrogens with one attached hydrogen (secondary N) is 1. The van der Waals surface area contributed by atoms with E-state index in [1.54, 1.807) is 37.6 Å². The first-order chi connectivity index (χ1) is 15.0. The number of nitrogens with zero attached hydrogens (tertiary/aromatic N) is 3. The molecule has 1 amide bonds. The first-order valence-electron chi connectivity index (χ1n) is 9.72. The highest BCUT2D eigenvalue weighted by Gasteiger charge is 2.18. The summed E-state index contributed by atoms with van der Waals surface area (Å²) in [6.45, 7) is 1.46. The Morgan fingerprint density at radius 1 is 1.16 bits per heavy atom. The third-order valence-corrected chi connectivity index (χ3v) is 5.01. The number of carbonyl (C=O) groups is 1. The van der Waals surface area contributed by atoms with Crippen LogP contribution in [0.25, 0.3) is 16.8 Å². The van der Waals surface area contributed by atoms with E-state index in [1.807, 2.05) is 31.2 Å². The zero-order valence-electron chi connectivity index (χ0n) is 17.2. The van der Waals surface area contributed by atoms with E-state index < -0.39 is 5.56 Å². The molecule has 2 heterocycles. The van der Waals surface area contributed by atoms with Gasteiger partial charge < -0.3 is 19.7 Å². The Morgan fingerprint density at radius 3 is 2.65 bits per heavy atom. The predicted molar refractivity (Wildman–Crippen MR) is 117 cm³/mol. The number of anilines is 1. The highest BCUT2D eigenvalue weighted by atomic mass is 16.5. The molecular weight excluding hydrogens is 396 g/mol. The number of hydrogen-bond donors (Lipinski definition) is 2. The van der Waals surface area contributed by atoms with Crippen LogP contribution in [0.4, 0.5) is 5.69 Å². The van der Waals surface area contributed by atoms with E-state index >= 15 is 0 Å². The Labute approximate surface area is 178 Å². The molecule has 4 rings (SSSR count). The summed E-state index contributed by atoms with van der Waals surface area (Å²) in [7, 11) is 1.55. The standard InChI is InChI=1S/C23H22N4O4/c1-15-6-8-16(9-7-15)21-19(14-28)22-23(30)26(10-11-27(22)25-21)13-20(29)24-17-4-3-5-18(12-17)31-2/h3-12,28H,13-14H2,1-2H3,(H,24,29). The molecule has 2 N–H and O–H groups in total. The van der Waals surface area contributed by atoms with Crippen molar-refractivity contribution >= 4 is 17.1 Å². The molecule has 8 heteroatoms. The number of amides is 1. The van der Waals surface area contributed by atoms with E-state index in [9.17, 15) is 14.7 Å². The van der Waals surface area contributed by atoms with Crippen LogP contribution in [0.2, 0.25) is 0 Å². The predicted octanol–water partition coefficient (Wildman–Crippen LogP) is 2.61. The lowest BCUT2D eigenvalue weighted by Crippen LogP contribution is -2.28. The van der Waals surface area contributed by atoms with Gasteiger partial charge in [0.15, 0.2) is 0 Å². The average Bonchev–Trinajstić information content (AvgIpc) is 3.15. The highest BCUT2D eigenvalue weighted by molar-refractivity contribution is 5.90. The van der Waals surface area contributed by atoms with Crippen LogP contribution in [0, 0.1) is 6.92 Å². The molecular formula is C23H22N4O4. The third-order valence-electron chi connectivity index (χ3n) is 5.01. The number of aromatic nitrogens is 3. The topological polar surface area (TPSA) is 97.9 Å². The lowest BCUT2D eigenvalue weighted by atomic mass is 10.1. The lowest BCUT2D eigenvalue weighted by Gasteiger charge is -2.09. The van der Waals surface area contributed by atoms with Crippen molar-refractivity contribution in [1.29, 1.82) is 0 Å². The van der Waals surface area contributed by atoms with Crippen molar-refractivity contribution in [2.24, 2.45) is 0 Å². The molecule has 0 fully saturated rings. The normalized spacial score (nSPS) is 10.9. The molecule has 0 radical (unpaired) electrons. The van der Waals surface area contributed by atoms with Crippen LogP contribution in [0.3, 0.4) is 0 Å². The lowest BCUT2D eigenvalue weighted by molar-refractivity contribution is -0.116. The smallest absolute Gasteiger partial charge is 0.277 e. The van der Waals surface area contributed by atoms with Gasteiger partial charge in [-0.25, -0.2) is 4.52 Å². The van der Waals surface area contributed by atoms with Crippen LogP contribution >= 0.6 is 0 Å². The van der Waals surface area contributed by atoms with Gasteiger partial charge in [-0.15, -0.1) is 0 Å². The van der Waals surface area contributed by atoms with Crippen molar-refractivity contribution in [2.45, 2.75) is 20.1 Å². The molecule has 0 atom stereocenters. The highest BCUT2D eigenvalue weighted by Crippen LogP contribution is 2.25. The molecule has 0 aliphatic heterocycles. The van der Waals surface area contributed by atoms with Gasteiger partial charge in [-0.2, -0.15) is 5.10 Å². The molecule has 2 aromatic carbocycles. The number of aliphatic hydroxyl groups excluding tert-OH is 1. The maximum absolute atomic E-state index is 13.1. The second kappa shape index (κ2) is 8.45. The maximum Gasteiger partial charge on any atom is 0.277 e. The van der Waals surface area contributed by atoms with Gasteiger partial charge in [0, 0.05) is 35.3 Å². The fourth-order valence-electron chi connectivity index (χ4n) is 3.42. The van der Waals surface area contributed by atoms with Crippen molar-refractivity contribution in [3.63, 3.8) is 0 Å². The number of aliphatic hydroxyl groups is 1. The summed E-state index contributed by atoms with van der Waals surface area (Å²) in [6, 6.07) is 14.7. The molecule has 158 valence electrons. The summed E-state index contributed by atoms with van der Waals surface area (Å²) in [5, 5.41) is 17.2. The van der Waals surface area contributed by atoms with Gasteiger partial charge in [-0.3, -0.25) is 9.59 Å². The van der Waals surface area contributed by atoms with Crippen LogP contribution in [0.5, 0.6) is 5.75 Å². The molecule has 0 bridgehead atoms. The number of hydrogen-bond acceptors (Lipinski definition) is 5. The van der Waals surface area contributed by atoms with E-state index in [2.05, 4.69) is 10.4 Å². The number of carbonyl (C=O) groups excluding carboxylic acids is 1. The van der Waals surface area contributed by atoms with E-state index in [0.717, 1.165) is 11.1 Å². The Hall–Kier alpha value is -3.91. The first-order valence-corrected chi connectivity index (χ1v) is 9.72. The molecule has 8 nitrogen and oxygen atoms in total. The molecule has 2 aromatic heterocycles. The van der Waals surface area contributed by atoms with Gasteiger partial charge in [0.05, 0.1) is 19.4 Å². The Kier molecular flexibility index (Phi) is 5.55. The number of rotatable bonds is 6. The Bertz CT molecular complexity index is 1310. The van der Waals surface area contributed by atoms with Crippen LogP contribution in [0.15, 0.2) is 65.7 Å². The summed E-state index contributed by atoms with van der Waals surface area (Å²) < 4.78 is 7.89. The fraction of sp³-hybridized carbons (Fsp3) is 0.174. The molecule has 0 aliphatic rings. The number of aryl methyl sites for hydroxylation is 1. The number of methoxy groups -OCH3 is 1. The minimum atomic E-state index is -0.404. The molecule has 0 unspecified atom stereocenters. The Morgan fingerprint density at radius 2 is 1.94 bits per heavy atom. The van der Waals surface area contributed by atoms with Crippen molar-refractivity contribution in [3.05, 3.63) is 82.4 Å². The Balaban J connectivity index is 1.66.